The summed E-state index contributed by atoms with van der Waals surface area (Å²) in [6, 6.07) is 17.2. The Morgan fingerprint density at radius 1 is 0.886 bits per heavy atom. The maximum Gasteiger partial charge on any atom is 0.207 e. The van der Waals surface area contributed by atoms with Crippen LogP contribution in [0.25, 0.3) is 0 Å². The Labute approximate surface area is 213 Å². The van der Waals surface area contributed by atoms with E-state index < -0.39 is 0 Å². The molecule has 3 atom stereocenters. The van der Waals surface area contributed by atoms with E-state index in [0.29, 0.717) is 24.4 Å². The fourth-order valence-electron chi connectivity index (χ4n) is 5.94. The van der Waals surface area contributed by atoms with E-state index in [1.54, 1.807) is 0 Å². The van der Waals surface area contributed by atoms with Crippen LogP contribution < -0.4 is 9.47 Å². The number of para-hydroxylation sites is 1. The molecule has 3 nitrogen and oxygen atoms in total. The molecular weight excluding hydrogens is 432 g/mol. The quantitative estimate of drug-likeness (QED) is 0.302. The van der Waals surface area contributed by atoms with E-state index in [-0.39, 0.29) is 12.2 Å². The molecule has 1 aliphatic carbocycles. The van der Waals surface area contributed by atoms with Crippen LogP contribution >= 0.6 is 0 Å². The van der Waals surface area contributed by atoms with E-state index in [1.165, 1.54) is 49.7 Å². The third-order valence-electron chi connectivity index (χ3n) is 7.96. The summed E-state index contributed by atoms with van der Waals surface area (Å²) in [5.41, 5.74) is 2.61. The average molecular weight is 479 g/mol. The second-order valence-electron chi connectivity index (χ2n) is 11.5. The van der Waals surface area contributed by atoms with Crippen LogP contribution in [-0.4, -0.2) is 19.5 Å². The van der Waals surface area contributed by atoms with Crippen LogP contribution in [0.2, 0.25) is 0 Å². The number of ether oxygens (including phenoxy) is 3. The monoisotopic (exact) mass is 478 g/mol. The lowest BCUT2D eigenvalue weighted by Gasteiger charge is -2.33. The van der Waals surface area contributed by atoms with Crippen LogP contribution in [0.4, 0.5) is 0 Å². The Hall–Kier alpha value is -2.00. The second kappa shape index (κ2) is 12.8. The molecule has 0 amide bonds. The van der Waals surface area contributed by atoms with Crippen molar-refractivity contribution in [2.75, 3.05) is 13.2 Å². The molecule has 1 aliphatic heterocycles. The van der Waals surface area contributed by atoms with Crippen molar-refractivity contribution in [1.82, 2.24) is 0 Å². The van der Waals surface area contributed by atoms with Crippen molar-refractivity contribution in [3.63, 3.8) is 0 Å². The zero-order chi connectivity index (χ0) is 24.6. The summed E-state index contributed by atoms with van der Waals surface area (Å²) in [5, 5.41) is 0. The fraction of sp³-hybridized carbons (Fsp3) is 0.625. The minimum atomic E-state index is -0.300. The average Bonchev–Trinajstić information content (AvgIpc) is 2.87. The first kappa shape index (κ1) is 26.1. The van der Waals surface area contributed by atoms with Gasteiger partial charge in [-0.05, 0) is 66.7 Å². The molecule has 0 saturated heterocycles. The van der Waals surface area contributed by atoms with Crippen molar-refractivity contribution in [2.45, 2.75) is 97.2 Å². The summed E-state index contributed by atoms with van der Waals surface area (Å²) in [6.07, 6.45) is 9.80. The molecule has 1 heterocycles. The molecule has 3 heteroatoms. The molecular formula is C32H46O3. The second-order valence-corrected chi connectivity index (χ2v) is 11.5. The van der Waals surface area contributed by atoms with Gasteiger partial charge in [0.05, 0.1) is 19.1 Å². The highest BCUT2D eigenvalue weighted by Gasteiger charge is 2.31. The molecule has 0 bridgehead atoms. The normalized spacial score (nSPS) is 20.3. The molecule has 0 spiro atoms. The Kier molecular flexibility index (Phi) is 9.54. The summed E-state index contributed by atoms with van der Waals surface area (Å²) >= 11 is 0. The van der Waals surface area contributed by atoms with Gasteiger partial charge in [0, 0.05) is 5.56 Å². The van der Waals surface area contributed by atoms with Gasteiger partial charge in [0.25, 0.3) is 0 Å². The number of hydrogen-bond donors (Lipinski definition) is 0. The number of rotatable bonds is 11. The largest absolute Gasteiger partial charge is 0.493 e. The molecule has 1 saturated carbocycles. The van der Waals surface area contributed by atoms with Gasteiger partial charge in [0.2, 0.25) is 6.29 Å². The maximum atomic E-state index is 6.60. The molecule has 3 unspecified atom stereocenters. The molecule has 2 aliphatic rings. The predicted octanol–water partition coefficient (Wildman–Crippen LogP) is 8.73. The summed E-state index contributed by atoms with van der Waals surface area (Å²) in [4.78, 5) is 0. The standard InChI is InChI=1S/C32H46O3/c1-23(2)22-30(24(3)4)26-14-16-27(17-15-26)35-32(34-20-18-25-10-6-5-7-11-25)29-19-21-33-31-13-9-8-12-28(29)31/h8-9,12-17,23-25,29-30,32H,5-7,10-11,18-22H2,1-4H3. The van der Waals surface area contributed by atoms with Crippen LogP contribution in [0.3, 0.4) is 0 Å². The lowest BCUT2D eigenvalue weighted by Crippen LogP contribution is -2.33. The van der Waals surface area contributed by atoms with E-state index in [4.69, 9.17) is 14.2 Å². The number of benzene rings is 2. The molecule has 192 valence electrons. The van der Waals surface area contributed by atoms with Gasteiger partial charge in [-0.15, -0.1) is 0 Å². The van der Waals surface area contributed by atoms with Gasteiger partial charge < -0.3 is 14.2 Å². The van der Waals surface area contributed by atoms with Gasteiger partial charge in [-0.3, -0.25) is 0 Å². The lowest BCUT2D eigenvalue weighted by molar-refractivity contribution is -0.105. The van der Waals surface area contributed by atoms with Gasteiger partial charge in [0.15, 0.2) is 0 Å². The van der Waals surface area contributed by atoms with Gasteiger partial charge in [-0.2, -0.15) is 0 Å². The third-order valence-corrected chi connectivity index (χ3v) is 7.96. The van der Waals surface area contributed by atoms with Crippen LogP contribution in [0.15, 0.2) is 48.5 Å². The molecule has 2 aromatic rings. The Bertz CT molecular complexity index is 882. The fourth-order valence-corrected chi connectivity index (χ4v) is 5.94. The first-order valence-electron chi connectivity index (χ1n) is 14.1. The van der Waals surface area contributed by atoms with Crippen molar-refractivity contribution in [3.8, 4) is 11.5 Å². The number of fused-ring (bicyclic) bond motifs is 1. The zero-order valence-corrected chi connectivity index (χ0v) is 22.4. The van der Waals surface area contributed by atoms with Crippen molar-refractivity contribution < 1.29 is 14.2 Å². The summed E-state index contributed by atoms with van der Waals surface area (Å²) in [5.74, 6) is 4.74. The summed E-state index contributed by atoms with van der Waals surface area (Å²) < 4.78 is 19.1. The molecule has 2 aromatic carbocycles. The maximum absolute atomic E-state index is 6.60. The predicted molar refractivity (Wildman–Crippen MR) is 144 cm³/mol. The first-order chi connectivity index (χ1) is 17.0. The van der Waals surface area contributed by atoms with Gasteiger partial charge in [-0.25, -0.2) is 0 Å². The van der Waals surface area contributed by atoms with E-state index in [9.17, 15) is 0 Å². The van der Waals surface area contributed by atoms with Crippen LogP contribution in [0.5, 0.6) is 11.5 Å². The topological polar surface area (TPSA) is 27.7 Å². The first-order valence-corrected chi connectivity index (χ1v) is 14.1. The zero-order valence-electron chi connectivity index (χ0n) is 22.4. The minimum absolute atomic E-state index is 0.176. The van der Waals surface area contributed by atoms with Crippen molar-refractivity contribution in [1.29, 1.82) is 0 Å². The van der Waals surface area contributed by atoms with E-state index in [2.05, 4.69) is 70.2 Å². The van der Waals surface area contributed by atoms with E-state index >= 15 is 0 Å². The molecule has 35 heavy (non-hydrogen) atoms. The van der Waals surface area contributed by atoms with Gasteiger partial charge >= 0.3 is 0 Å². The van der Waals surface area contributed by atoms with Crippen LogP contribution in [-0.2, 0) is 4.74 Å². The number of hydrogen-bond acceptors (Lipinski definition) is 3. The van der Waals surface area contributed by atoms with Gasteiger partial charge in [-0.1, -0.05) is 90.1 Å². The summed E-state index contributed by atoms with van der Waals surface area (Å²) in [7, 11) is 0. The van der Waals surface area contributed by atoms with E-state index in [0.717, 1.165) is 36.9 Å². The molecule has 0 aromatic heterocycles. The van der Waals surface area contributed by atoms with E-state index in [1.807, 2.05) is 6.07 Å². The Morgan fingerprint density at radius 2 is 1.63 bits per heavy atom. The van der Waals surface area contributed by atoms with Crippen molar-refractivity contribution >= 4 is 0 Å². The van der Waals surface area contributed by atoms with Crippen molar-refractivity contribution in [2.24, 2.45) is 17.8 Å². The highest BCUT2D eigenvalue weighted by atomic mass is 16.7. The lowest BCUT2D eigenvalue weighted by atomic mass is 9.82. The Balaban J connectivity index is 1.48. The smallest absolute Gasteiger partial charge is 0.207 e. The van der Waals surface area contributed by atoms with Gasteiger partial charge in [0.1, 0.15) is 11.5 Å². The highest BCUT2D eigenvalue weighted by molar-refractivity contribution is 5.38. The molecule has 1 fully saturated rings. The Morgan fingerprint density at radius 3 is 2.34 bits per heavy atom. The minimum Gasteiger partial charge on any atom is -0.493 e. The highest BCUT2D eigenvalue weighted by Crippen LogP contribution is 2.38. The molecule has 0 radical (unpaired) electrons. The van der Waals surface area contributed by atoms with Crippen molar-refractivity contribution in [3.05, 3.63) is 59.7 Å². The van der Waals surface area contributed by atoms with Crippen LogP contribution in [0.1, 0.15) is 102 Å². The van der Waals surface area contributed by atoms with Crippen LogP contribution in [0, 0.1) is 17.8 Å². The molecule has 0 N–H and O–H groups in total. The SMILES string of the molecule is CC(C)CC(c1ccc(OC(OCCC2CCCCC2)C2CCOc3ccccc32)cc1)C(C)C. The summed E-state index contributed by atoms with van der Waals surface area (Å²) in [6.45, 7) is 10.8. The molecule has 4 rings (SSSR count). The third kappa shape index (κ3) is 7.26.